The van der Waals surface area contributed by atoms with E-state index in [0.29, 0.717) is 12.8 Å². The first-order valence-electron chi connectivity index (χ1n) is 10.00. The number of benzene rings is 1. The molecule has 0 saturated carbocycles. The molecule has 0 amide bonds. The molecule has 0 radical (unpaired) electrons. The van der Waals surface area contributed by atoms with Crippen molar-refractivity contribution >= 4 is 11.8 Å². The Bertz CT molecular complexity index is 661. The number of hydrogen-bond acceptors (Lipinski definition) is 6. The Balaban J connectivity index is 3.05. The van der Waals surface area contributed by atoms with Crippen LogP contribution in [-0.2, 0) is 25.7 Å². The third-order valence-corrected chi connectivity index (χ3v) is 5.02. The van der Waals surface area contributed by atoms with Crippen molar-refractivity contribution in [2.75, 3.05) is 14.2 Å². The highest BCUT2D eigenvalue weighted by molar-refractivity contribution is 5.97. The molecule has 6 nitrogen and oxygen atoms in total. The lowest BCUT2D eigenvalue weighted by Gasteiger charge is -2.42. The SMILES string of the molecule is CCC(C(=O)CC(=O)OC)C(O)C(C)(CC(C)(C)C)OCc1ccc(OC)cc1. The zero-order valence-corrected chi connectivity index (χ0v) is 18.8. The summed E-state index contributed by atoms with van der Waals surface area (Å²) >= 11 is 0. The Hall–Kier alpha value is -1.92. The van der Waals surface area contributed by atoms with Gasteiger partial charge in [0.15, 0.2) is 0 Å². The fraction of sp³-hybridized carbons (Fsp3) is 0.652. The zero-order chi connectivity index (χ0) is 22.2. The lowest BCUT2D eigenvalue weighted by molar-refractivity contribution is -0.165. The van der Waals surface area contributed by atoms with Gasteiger partial charge in [0.25, 0.3) is 0 Å². The number of carbonyl (C=O) groups is 2. The highest BCUT2D eigenvalue weighted by Gasteiger charge is 2.43. The summed E-state index contributed by atoms with van der Waals surface area (Å²) in [5.41, 5.74) is -0.170. The number of aliphatic hydroxyl groups is 1. The molecular formula is C23H36O6. The van der Waals surface area contributed by atoms with E-state index in [9.17, 15) is 14.7 Å². The molecule has 1 rings (SSSR count). The van der Waals surface area contributed by atoms with Crippen molar-refractivity contribution in [2.45, 2.75) is 72.2 Å². The summed E-state index contributed by atoms with van der Waals surface area (Å²) < 4.78 is 16.0. The van der Waals surface area contributed by atoms with Crippen LogP contribution in [0.3, 0.4) is 0 Å². The number of methoxy groups -OCH3 is 2. The maximum Gasteiger partial charge on any atom is 0.313 e. The molecular weight excluding hydrogens is 372 g/mol. The Labute approximate surface area is 174 Å². The van der Waals surface area contributed by atoms with Gasteiger partial charge in [0.05, 0.1) is 32.5 Å². The van der Waals surface area contributed by atoms with Crippen molar-refractivity contribution in [3.8, 4) is 5.75 Å². The van der Waals surface area contributed by atoms with Crippen molar-refractivity contribution in [1.82, 2.24) is 0 Å². The minimum Gasteiger partial charge on any atom is -0.497 e. The Morgan fingerprint density at radius 3 is 2.10 bits per heavy atom. The van der Waals surface area contributed by atoms with E-state index in [-0.39, 0.29) is 24.2 Å². The maximum atomic E-state index is 12.6. The first-order chi connectivity index (χ1) is 13.5. The van der Waals surface area contributed by atoms with E-state index in [2.05, 4.69) is 25.5 Å². The van der Waals surface area contributed by atoms with Gasteiger partial charge in [0.1, 0.15) is 18.0 Å². The fourth-order valence-corrected chi connectivity index (χ4v) is 3.66. The normalized spacial score (nSPS) is 15.9. The molecule has 0 saturated heterocycles. The van der Waals surface area contributed by atoms with Crippen LogP contribution in [0.2, 0.25) is 0 Å². The van der Waals surface area contributed by atoms with E-state index in [1.54, 1.807) is 7.11 Å². The number of hydrogen-bond donors (Lipinski definition) is 1. The van der Waals surface area contributed by atoms with Crippen molar-refractivity contribution in [2.24, 2.45) is 11.3 Å². The van der Waals surface area contributed by atoms with E-state index in [1.165, 1.54) is 7.11 Å². The molecule has 0 heterocycles. The molecule has 1 aromatic carbocycles. The highest BCUT2D eigenvalue weighted by atomic mass is 16.5. The summed E-state index contributed by atoms with van der Waals surface area (Å²) in [5.74, 6) is -0.889. The quantitative estimate of drug-likeness (QED) is 0.441. The third-order valence-electron chi connectivity index (χ3n) is 5.02. The number of aliphatic hydroxyl groups excluding tert-OH is 1. The molecule has 1 aromatic rings. The number of ether oxygens (including phenoxy) is 3. The smallest absolute Gasteiger partial charge is 0.313 e. The number of rotatable bonds is 11. The molecule has 29 heavy (non-hydrogen) atoms. The predicted molar refractivity (Wildman–Crippen MR) is 112 cm³/mol. The van der Waals surface area contributed by atoms with Gasteiger partial charge in [0, 0.05) is 5.92 Å². The van der Waals surface area contributed by atoms with Crippen LogP contribution >= 0.6 is 0 Å². The fourth-order valence-electron chi connectivity index (χ4n) is 3.66. The molecule has 0 aliphatic heterocycles. The van der Waals surface area contributed by atoms with Gasteiger partial charge in [-0.15, -0.1) is 0 Å². The molecule has 0 fully saturated rings. The van der Waals surface area contributed by atoms with Gasteiger partial charge in [0.2, 0.25) is 0 Å². The van der Waals surface area contributed by atoms with E-state index < -0.39 is 23.6 Å². The molecule has 0 bridgehead atoms. The molecule has 164 valence electrons. The number of esters is 1. The van der Waals surface area contributed by atoms with Crippen LogP contribution in [-0.4, -0.2) is 42.8 Å². The van der Waals surface area contributed by atoms with Gasteiger partial charge < -0.3 is 19.3 Å². The van der Waals surface area contributed by atoms with Crippen LogP contribution in [0.1, 0.15) is 59.4 Å². The summed E-state index contributed by atoms with van der Waals surface area (Å²) in [4.78, 5) is 24.2. The van der Waals surface area contributed by atoms with Gasteiger partial charge in [-0.05, 0) is 42.9 Å². The van der Waals surface area contributed by atoms with Gasteiger partial charge in [-0.25, -0.2) is 0 Å². The second-order valence-corrected chi connectivity index (χ2v) is 8.87. The van der Waals surface area contributed by atoms with E-state index >= 15 is 0 Å². The van der Waals surface area contributed by atoms with Crippen molar-refractivity contribution in [3.63, 3.8) is 0 Å². The van der Waals surface area contributed by atoms with Crippen LogP contribution in [0.4, 0.5) is 0 Å². The molecule has 6 heteroatoms. The van der Waals surface area contributed by atoms with E-state index in [0.717, 1.165) is 11.3 Å². The first kappa shape index (κ1) is 25.1. The van der Waals surface area contributed by atoms with Crippen LogP contribution in [0, 0.1) is 11.3 Å². The van der Waals surface area contributed by atoms with Crippen LogP contribution in [0.25, 0.3) is 0 Å². The van der Waals surface area contributed by atoms with Gasteiger partial charge in [-0.2, -0.15) is 0 Å². The average molecular weight is 409 g/mol. The summed E-state index contributed by atoms with van der Waals surface area (Å²) in [6.07, 6.45) is -0.458. The van der Waals surface area contributed by atoms with E-state index in [1.807, 2.05) is 38.1 Å². The number of ketones is 1. The summed E-state index contributed by atoms with van der Waals surface area (Å²) in [5, 5.41) is 11.2. The number of Topliss-reactive ketones (excluding diaryl/α,β-unsaturated/α-hetero) is 1. The third kappa shape index (κ3) is 7.78. The molecule has 1 N–H and O–H groups in total. The molecule has 0 spiro atoms. The number of carbonyl (C=O) groups excluding carboxylic acids is 2. The second kappa shape index (κ2) is 10.7. The van der Waals surface area contributed by atoms with Gasteiger partial charge >= 0.3 is 5.97 Å². The lowest BCUT2D eigenvalue weighted by Crippen LogP contribution is -2.50. The Kier molecular flexibility index (Phi) is 9.30. The van der Waals surface area contributed by atoms with Crippen LogP contribution in [0.5, 0.6) is 5.75 Å². The summed E-state index contributed by atoms with van der Waals surface area (Å²) in [7, 11) is 2.85. The second-order valence-electron chi connectivity index (χ2n) is 8.87. The molecule has 0 aromatic heterocycles. The minimum atomic E-state index is -1.05. The summed E-state index contributed by atoms with van der Waals surface area (Å²) in [6, 6.07) is 7.51. The molecule has 0 aliphatic rings. The maximum absolute atomic E-state index is 12.6. The van der Waals surface area contributed by atoms with E-state index in [4.69, 9.17) is 9.47 Å². The highest BCUT2D eigenvalue weighted by Crippen LogP contribution is 2.37. The molecule has 3 atom stereocenters. The molecule has 0 aliphatic carbocycles. The van der Waals surface area contributed by atoms with Gasteiger partial charge in [-0.3, -0.25) is 9.59 Å². The monoisotopic (exact) mass is 408 g/mol. The first-order valence-corrected chi connectivity index (χ1v) is 10.00. The lowest BCUT2D eigenvalue weighted by atomic mass is 9.74. The van der Waals surface area contributed by atoms with Crippen LogP contribution < -0.4 is 4.74 Å². The van der Waals surface area contributed by atoms with Gasteiger partial charge in [-0.1, -0.05) is 39.8 Å². The van der Waals surface area contributed by atoms with Crippen molar-refractivity contribution in [1.29, 1.82) is 0 Å². The Morgan fingerprint density at radius 2 is 1.66 bits per heavy atom. The topological polar surface area (TPSA) is 82.1 Å². The predicted octanol–water partition coefficient (Wildman–Crippen LogP) is 3.93. The Morgan fingerprint density at radius 1 is 1.07 bits per heavy atom. The van der Waals surface area contributed by atoms with Crippen molar-refractivity contribution < 1.29 is 28.9 Å². The van der Waals surface area contributed by atoms with Crippen LogP contribution in [0.15, 0.2) is 24.3 Å². The minimum absolute atomic E-state index is 0.140. The largest absolute Gasteiger partial charge is 0.497 e. The zero-order valence-electron chi connectivity index (χ0n) is 18.8. The average Bonchev–Trinajstić information content (AvgIpc) is 2.65. The summed E-state index contributed by atoms with van der Waals surface area (Å²) in [6.45, 7) is 10.1. The van der Waals surface area contributed by atoms with Crippen molar-refractivity contribution in [3.05, 3.63) is 29.8 Å². The standard InChI is InChI=1S/C23H36O6/c1-8-18(19(24)13-20(25)28-7)21(26)23(5,15-22(2,3)4)29-14-16-9-11-17(27-6)12-10-16/h9-12,18,21,26H,8,13-15H2,1-7H3. The molecule has 3 unspecified atom stereocenters.